The van der Waals surface area contributed by atoms with E-state index in [1.54, 1.807) is 15.2 Å². The molecule has 0 N–H and O–H groups in total. The van der Waals surface area contributed by atoms with Gasteiger partial charge in [0.15, 0.2) is 0 Å². The Bertz CT molecular complexity index is 970. The zero-order chi connectivity index (χ0) is 21.1. The number of aryl methyl sites for hydroxylation is 1. The third-order valence-electron chi connectivity index (χ3n) is 6.26. The molecule has 3 heterocycles. The lowest BCUT2D eigenvalue weighted by atomic mass is 9.90. The Morgan fingerprint density at radius 1 is 1.07 bits per heavy atom. The minimum absolute atomic E-state index is 0.129. The van der Waals surface area contributed by atoms with Crippen molar-refractivity contribution in [3.63, 3.8) is 0 Å². The van der Waals surface area contributed by atoms with Crippen molar-refractivity contribution < 1.29 is 13.2 Å². The van der Waals surface area contributed by atoms with Gasteiger partial charge in [-0.1, -0.05) is 12.1 Å². The fourth-order valence-electron chi connectivity index (χ4n) is 4.37. The molecule has 2 aromatic rings. The highest BCUT2D eigenvalue weighted by atomic mass is 32.2. The minimum Gasteiger partial charge on any atom is -0.339 e. The van der Waals surface area contributed by atoms with Crippen LogP contribution in [0.1, 0.15) is 48.5 Å². The number of amides is 1. The van der Waals surface area contributed by atoms with Gasteiger partial charge in [-0.05, 0) is 62.6 Å². The molecule has 1 amide bonds. The van der Waals surface area contributed by atoms with Crippen molar-refractivity contribution >= 4 is 15.9 Å². The third-order valence-corrected chi connectivity index (χ3v) is 8.11. The Morgan fingerprint density at radius 3 is 2.33 bits per heavy atom. The first-order valence-corrected chi connectivity index (χ1v) is 12.3. The topological polar surface area (TPSA) is 75.5 Å². The number of sulfonamides is 1. The van der Waals surface area contributed by atoms with Crippen molar-refractivity contribution in [1.82, 2.24) is 19.0 Å². The zero-order valence-electron chi connectivity index (χ0n) is 17.5. The number of carbonyl (C=O) groups excluding carboxylic acids is 1. The van der Waals surface area contributed by atoms with E-state index in [4.69, 9.17) is 0 Å². The minimum atomic E-state index is -3.46. The van der Waals surface area contributed by atoms with Gasteiger partial charge in [-0.2, -0.15) is 9.40 Å². The van der Waals surface area contributed by atoms with Crippen LogP contribution in [0.3, 0.4) is 0 Å². The van der Waals surface area contributed by atoms with E-state index in [9.17, 15) is 13.2 Å². The van der Waals surface area contributed by atoms with Gasteiger partial charge in [0.2, 0.25) is 10.0 Å². The van der Waals surface area contributed by atoms with E-state index in [2.05, 4.69) is 5.10 Å². The first kappa shape index (κ1) is 21.1. The van der Waals surface area contributed by atoms with Gasteiger partial charge < -0.3 is 4.90 Å². The lowest BCUT2D eigenvalue weighted by Crippen LogP contribution is -2.38. The van der Waals surface area contributed by atoms with Crippen LogP contribution < -0.4 is 0 Å². The summed E-state index contributed by atoms with van der Waals surface area (Å²) in [5, 5.41) is 4.09. The van der Waals surface area contributed by atoms with Gasteiger partial charge in [-0.3, -0.25) is 9.48 Å². The molecule has 162 valence electrons. The number of benzene rings is 1. The molecule has 0 atom stereocenters. The highest BCUT2D eigenvalue weighted by Crippen LogP contribution is 2.26. The first-order valence-electron chi connectivity index (χ1n) is 10.9. The normalized spacial score (nSPS) is 18.8. The molecular formula is C22H30N4O3S. The lowest BCUT2D eigenvalue weighted by molar-refractivity contribution is 0.0793. The summed E-state index contributed by atoms with van der Waals surface area (Å²) in [6, 6.07) is 7.96. The Kier molecular flexibility index (Phi) is 6.24. The summed E-state index contributed by atoms with van der Waals surface area (Å²) in [6.45, 7) is 5.39. The number of hydrogen-bond acceptors (Lipinski definition) is 4. The summed E-state index contributed by atoms with van der Waals surface area (Å²) in [4.78, 5) is 14.7. The fraction of sp³-hybridized carbons (Fsp3) is 0.545. The van der Waals surface area contributed by atoms with E-state index in [0.29, 0.717) is 25.6 Å². The van der Waals surface area contributed by atoms with Crippen LogP contribution in [-0.2, 0) is 23.0 Å². The molecule has 30 heavy (non-hydrogen) atoms. The Balaban J connectivity index is 1.32. The average molecular weight is 431 g/mol. The van der Waals surface area contributed by atoms with Crippen LogP contribution in [0.15, 0.2) is 41.6 Å². The van der Waals surface area contributed by atoms with Gasteiger partial charge in [-0.25, -0.2) is 8.42 Å². The zero-order valence-corrected chi connectivity index (χ0v) is 18.4. The lowest BCUT2D eigenvalue weighted by Gasteiger charge is -2.31. The smallest absolute Gasteiger partial charge is 0.253 e. The molecule has 2 fully saturated rings. The molecule has 4 rings (SSSR count). The number of likely N-dealkylation sites (tertiary alicyclic amines) is 1. The summed E-state index contributed by atoms with van der Waals surface area (Å²) >= 11 is 0. The summed E-state index contributed by atoms with van der Waals surface area (Å²) in [7, 11) is -3.46. The van der Waals surface area contributed by atoms with Crippen LogP contribution >= 0.6 is 0 Å². The van der Waals surface area contributed by atoms with Gasteiger partial charge in [0, 0.05) is 44.5 Å². The first-order chi connectivity index (χ1) is 14.5. The van der Waals surface area contributed by atoms with E-state index < -0.39 is 10.0 Å². The molecule has 2 aliphatic heterocycles. The van der Waals surface area contributed by atoms with Crippen molar-refractivity contribution in [2.75, 3.05) is 26.2 Å². The van der Waals surface area contributed by atoms with Crippen molar-refractivity contribution in [2.45, 2.75) is 50.5 Å². The monoisotopic (exact) mass is 430 g/mol. The number of carbonyl (C=O) groups is 1. The molecule has 0 spiro atoms. The molecule has 1 aromatic heterocycles. The summed E-state index contributed by atoms with van der Waals surface area (Å²) < 4.78 is 28.9. The second kappa shape index (κ2) is 8.89. The number of hydrogen-bond donors (Lipinski definition) is 0. The second-order valence-corrected chi connectivity index (χ2v) is 10.2. The predicted molar refractivity (Wildman–Crippen MR) is 115 cm³/mol. The van der Waals surface area contributed by atoms with Crippen molar-refractivity contribution in [3.05, 3.63) is 47.8 Å². The third kappa shape index (κ3) is 4.44. The molecule has 0 bridgehead atoms. The van der Waals surface area contributed by atoms with Crippen molar-refractivity contribution in [2.24, 2.45) is 5.92 Å². The van der Waals surface area contributed by atoms with Gasteiger partial charge >= 0.3 is 0 Å². The Labute approximate surface area is 178 Å². The predicted octanol–water partition coefficient (Wildman–Crippen LogP) is 2.78. The van der Waals surface area contributed by atoms with E-state index in [1.165, 1.54) is 11.8 Å². The van der Waals surface area contributed by atoms with E-state index in [-0.39, 0.29) is 10.8 Å². The molecule has 0 unspecified atom stereocenters. The summed E-state index contributed by atoms with van der Waals surface area (Å²) in [6.07, 6.45) is 7.84. The van der Waals surface area contributed by atoms with E-state index in [0.717, 1.165) is 50.8 Å². The molecule has 0 saturated carbocycles. The standard InChI is InChI=1S/C22H30N4O3S/c1-2-25-17-21(16-23-25)30(28,29)26-13-9-19(10-14-26)15-18-5-7-20(8-6-18)22(27)24-11-3-4-12-24/h5-8,16-17,19H,2-4,9-15H2,1H3. The van der Waals surface area contributed by atoms with Crippen molar-refractivity contribution in [3.8, 4) is 0 Å². The highest BCUT2D eigenvalue weighted by Gasteiger charge is 2.30. The van der Waals surface area contributed by atoms with Gasteiger partial charge in [-0.15, -0.1) is 0 Å². The number of aromatic nitrogens is 2. The van der Waals surface area contributed by atoms with Crippen LogP contribution in [0.5, 0.6) is 0 Å². The second-order valence-electron chi connectivity index (χ2n) is 8.28. The van der Waals surface area contributed by atoms with Gasteiger partial charge in [0.05, 0.1) is 6.20 Å². The van der Waals surface area contributed by atoms with Gasteiger partial charge in [0.1, 0.15) is 4.90 Å². The number of rotatable bonds is 6. The van der Waals surface area contributed by atoms with E-state index in [1.807, 2.05) is 36.1 Å². The Morgan fingerprint density at radius 2 is 1.73 bits per heavy atom. The molecule has 0 aliphatic carbocycles. The maximum Gasteiger partial charge on any atom is 0.253 e. The fourth-order valence-corrected chi connectivity index (χ4v) is 5.80. The molecule has 0 radical (unpaired) electrons. The average Bonchev–Trinajstić information content (AvgIpc) is 3.47. The quantitative estimate of drug-likeness (QED) is 0.706. The van der Waals surface area contributed by atoms with Crippen LogP contribution in [0.4, 0.5) is 0 Å². The molecular weight excluding hydrogens is 400 g/mol. The molecule has 8 heteroatoms. The number of nitrogens with zero attached hydrogens (tertiary/aromatic N) is 4. The van der Waals surface area contributed by atoms with Gasteiger partial charge in [0.25, 0.3) is 5.91 Å². The SMILES string of the molecule is CCn1cc(S(=O)(=O)N2CCC(Cc3ccc(C(=O)N4CCCC4)cc3)CC2)cn1. The Hall–Kier alpha value is -2.19. The molecule has 7 nitrogen and oxygen atoms in total. The summed E-state index contributed by atoms with van der Waals surface area (Å²) in [5.41, 5.74) is 1.97. The van der Waals surface area contributed by atoms with Crippen molar-refractivity contribution in [1.29, 1.82) is 0 Å². The van der Waals surface area contributed by atoms with Crippen LogP contribution in [0.25, 0.3) is 0 Å². The summed E-state index contributed by atoms with van der Waals surface area (Å²) in [5.74, 6) is 0.582. The van der Waals surface area contributed by atoms with Crippen LogP contribution in [-0.4, -0.2) is 59.5 Å². The molecule has 2 saturated heterocycles. The molecule has 1 aromatic carbocycles. The number of piperidine rings is 1. The largest absolute Gasteiger partial charge is 0.339 e. The highest BCUT2D eigenvalue weighted by molar-refractivity contribution is 7.89. The molecule has 2 aliphatic rings. The van der Waals surface area contributed by atoms with E-state index >= 15 is 0 Å². The maximum absolute atomic E-state index is 12.8. The van der Waals surface area contributed by atoms with Crippen LogP contribution in [0.2, 0.25) is 0 Å². The maximum atomic E-state index is 12.8. The van der Waals surface area contributed by atoms with Crippen LogP contribution in [0, 0.1) is 5.92 Å².